The lowest BCUT2D eigenvalue weighted by Crippen LogP contribution is -2.47. The predicted octanol–water partition coefficient (Wildman–Crippen LogP) is 1.15. The summed E-state index contributed by atoms with van der Waals surface area (Å²) in [7, 11) is -1.71. The molecule has 0 radical (unpaired) electrons. The van der Waals surface area contributed by atoms with E-state index in [1.807, 2.05) is 19.6 Å². The first-order chi connectivity index (χ1) is 7.02. The fourth-order valence-electron chi connectivity index (χ4n) is 1.51. The molecule has 0 fully saturated rings. The van der Waals surface area contributed by atoms with E-state index in [1.54, 1.807) is 21.0 Å². The van der Waals surface area contributed by atoms with Crippen LogP contribution in [0.1, 0.15) is 13.3 Å². The predicted molar refractivity (Wildman–Crippen MR) is 69.9 cm³/mol. The van der Waals surface area contributed by atoms with Crippen molar-refractivity contribution in [2.75, 3.05) is 19.8 Å². The van der Waals surface area contributed by atoms with Crippen molar-refractivity contribution in [2.24, 2.45) is 0 Å². The van der Waals surface area contributed by atoms with Crippen LogP contribution in [0.15, 0.2) is 0 Å². The minimum absolute atomic E-state index is 0.107. The summed E-state index contributed by atoms with van der Waals surface area (Å²) in [6.45, 7) is 7.62. The maximum atomic E-state index is 12.0. The average molecular weight is 265 g/mol. The number of hydrogen-bond acceptors (Lipinski definition) is 3. The molecule has 0 aliphatic heterocycles. The van der Waals surface area contributed by atoms with E-state index in [-0.39, 0.29) is 18.1 Å². The van der Waals surface area contributed by atoms with E-state index in [0.717, 1.165) is 0 Å². The van der Waals surface area contributed by atoms with Crippen LogP contribution in [0.4, 0.5) is 0 Å². The van der Waals surface area contributed by atoms with Crippen LogP contribution in [0, 0.1) is 0 Å². The summed E-state index contributed by atoms with van der Waals surface area (Å²) in [6, 6.07) is 0. The van der Waals surface area contributed by atoms with Crippen molar-refractivity contribution < 1.29 is 13.2 Å². The van der Waals surface area contributed by atoms with Crippen molar-refractivity contribution in [1.82, 2.24) is 4.90 Å². The molecular formula is C10H23NO3SSi. The SMILES string of the molecule is CCS(=O)(=O)C(CC(=O)N(C)C)[Si](C)(C)C. The Balaban J connectivity index is 5.08. The molecule has 4 nitrogen and oxygen atoms in total. The van der Waals surface area contributed by atoms with Gasteiger partial charge in [0.25, 0.3) is 0 Å². The fraction of sp³-hybridized carbons (Fsp3) is 0.900. The van der Waals surface area contributed by atoms with Gasteiger partial charge in [-0.15, -0.1) is 0 Å². The van der Waals surface area contributed by atoms with E-state index in [4.69, 9.17) is 0 Å². The average Bonchev–Trinajstić information content (AvgIpc) is 2.11. The zero-order valence-electron chi connectivity index (χ0n) is 11.1. The molecule has 0 saturated carbocycles. The Hall–Kier alpha value is -0.363. The quantitative estimate of drug-likeness (QED) is 0.701. The third-order valence-corrected chi connectivity index (χ3v) is 9.83. The molecule has 0 aliphatic rings. The maximum absolute atomic E-state index is 12.0. The highest BCUT2D eigenvalue weighted by Gasteiger charge is 2.38. The van der Waals surface area contributed by atoms with E-state index in [0.29, 0.717) is 0 Å². The third-order valence-electron chi connectivity index (χ3n) is 2.66. The monoisotopic (exact) mass is 265 g/mol. The molecule has 0 rings (SSSR count). The maximum Gasteiger partial charge on any atom is 0.223 e. The first-order valence-electron chi connectivity index (χ1n) is 5.44. The molecule has 6 heteroatoms. The number of carbonyl (C=O) groups excluding carboxylic acids is 1. The van der Waals surface area contributed by atoms with Crippen molar-refractivity contribution in [2.45, 2.75) is 37.9 Å². The van der Waals surface area contributed by atoms with Crippen LogP contribution in [0.2, 0.25) is 19.6 Å². The molecule has 0 aromatic rings. The summed E-state index contributed by atoms with van der Waals surface area (Å²) in [6.07, 6.45) is 0.124. The minimum atomic E-state index is -3.13. The highest BCUT2D eigenvalue weighted by molar-refractivity contribution is 7.93. The molecule has 1 unspecified atom stereocenters. The van der Waals surface area contributed by atoms with Crippen molar-refractivity contribution in [3.8, 4) is 0 Å². The normalized spacial score (nSPS) is 14.6. The summed E-state index contributed by atoms with van der Waals surface area (Å²) >= 11 is 0. The smallest absolute Gasteiger partial charge is 0.223 e. The van der Waals surface area contributed by atoms with Crippen molar-refractivity contribution in [1.29, 1.82) is 0 Å². The molecule has 0 saturated heterocycles. The number of amides is 1. The molecule has 0 aromatic carbocycles. The Morgan fingerprint density at radius 2 is 1.69 bits per heavy atom. The van der Waals surface area contributed by atoms with Crippen LogP contribution in [0.25, 0.3) is 0 Å². The summed E-state index contributed by atoms with van der Waals surface area (Å²) < 4.78 is 23.9. The molecule has 0 N–H and O–H groups in total. The van der Waals surface area contributed by atoms with E-state index in [1.165, 1.54) is 4.90 Å². The minimum Gasteiger partial charge on any atom is -0.349 e. The molecular weight excluding hydrogens is 242 g/mol. The van der Waals surface area contributed by atoms with E-state index in [9.17, 15) is 13.2 Å². The second-order valence-corrected chi connectivity index (χ2v) is 13.6. The summed E-state index contributed by atoms with van der Waals surface area (Å²) in [5, 5.41) is 0. The van der Waals surface area contributed by atoms with Gasteiger partial charge in [0.1, 0.15) is 0 Å². The van der Waals surface area contributed by atoms with Crippen molar-refractivity contribution in [3.63, 3.8) is 0 Å². The molecule has 1 amide bonds. The molecule has 0 aromatic heterocycles. The Morgan fingerprint density at radius 3 is 1.94 bits per heavy atom. The second-order valence-electron chi connectivity index (χ2n) is 5.30. The lowest BCUT2D eigenvalue weighted by molar-refractivity contribution is -0.128. The molecule has 0 heterocycles. The largest absolute Gasteiger partial charge is 0.349 e. The second kappa shape index (κ2) is 5.31. The number of hydrogen-bond donors (Lipinski definition) is 0. The third kappa shape index (κ3) is 4.25. The fourth-order valence-corrected chi connectivity index (χ4v) is 7.91. The molecule has 16 heavy (non-hydrogen) atoms. The molecule has 1 atom stereocenters. The Morgan fingerprint density at radius 1 is 1.25 bits per heavy atom. The van der Waals surface area contributed by atoms with Gasteiger partial charge in [0.2, 0.25) is 5.91 Å². The van der Waals surface area contributed by atoms with Crippen LogP contribution in [0.3, 0.4) is 0 Å². The van der Waals surface area contributed by atoms with Crippen LogP contribution in [-0.2, 0) is 14.6 Å². The lowest BCUT2D eigenvalue weighted by atomic mass is 10.4. The van der Waals surface area contributed by atoms with Gasteiger partial charge in [-0.25, -0.2) is 8.42 Å². The highest BCUT2D eigenvalue weighted by Crippen LogP contribution is 2.21. The molecule has 0 aliphatic carbocycles. The van der Waals surface area contributed by atoms with Gasteiger partial charge in [-0.1, -0.05) is 26.6 Å². The topological polar surface area (TPSA) is 54.5 Å². The van der Waals surface area contributed by atoms with Gasteiger partial charge >= 0.3 is 0 Å². The Labute approximate surface area is 100.0 Å². The highest BCUT2D eigenvalue weighted by atomic mass is 32.2. The summed E-state index contributed by atoms with van der Waals surface area (Å²) in [5.74, 6) is 0.00674. The lowest BCUT2D eigenvalue weighted by Gasteiger charge is -2.28. The van der Waals surface area contributed by atoms with Crippen molar-refractivity contribution >= 4 is 23.8 Å². The van der Waals surface area contributed by atoms with Gasteiger partial charge < -0.3 is 4.90 Å². The van der Waals surface area contributed by atoms with Crippen LogP contribution >= 0.6 is 0 Å². The Bertz CT molecular complexity index is 344. The zero-order chi connectivity index (χ0) is 13.1. The summed E-state index contributed by atoms with van der Waals surface area (Å²) in [4.78, 5) is 12.6. The molecule has 96 valence electrons. The first-order valence-corrected chi connectivity index (χ1v) is 10.7. The van der Waals surface area contributed by atoms with Gasteiger partial charge in [-0.2, -0.15) is 0 Å². The molecule has 0 bridgehead atoms. The summed E-state index contributed by atoms with van der Waals surface area (Å²) in [5.41, 5.74) is 0. The first kappa shape index (κ1) is 15.6. The Kier molecular flexibility index (Phi) is 5.19. The zero-order valence-corrected chi connectivity index (χ0v) is 12.9. The van der Waals surface area contributed by atoms with Gasteiger partial charge in [0.15, 0.2) is 9.84 Å². The van der Waals surface area contributed by atoms with E-state index in [2.05, 4.69) is 0 Å². The van der Waals surface area contributed by atoms with Gasteiger partial charge in [-0.05, 0) is 0 Å². The number of sulfone groups is 1. The van der Waals surface area contributed by atoms with E-state index >= 15 is 0 Å². The van der Waals surface area contributed by atoms with E-state index < -0.39 is 22.8 Å². The van der Waals surface area contributed by atoms with Gasteiger partial charge in [0, 0.05) is 26.3 Å². The van der Waals surface area contributed by atoms with Crippen LogP contribution in [-0.4, -0.2) is 52.0 Å². The van der Waals surface area contributed by atoms with Crippen LogP contribution in [0.5, 0.6) is 0 Å². The van der Waals surface area contributed by atoms with Gasteiger partial charge in [0.05, 0.1) is 12.9 Å². The van der Waals surface area contributed by atoms with Crippen LogP contribution < -0.4 is 0 Å². The number of carbonyl (C=O) groups is 1. The van der Waals surface area contributed by atoms with Gasteiger partial charge in [-0.3, -0.25) is 4.79 Å². The molecule has 0 spiro atoms. The standard InChI is InChI=1S/C10H23NO3SSi/c1-7-15(13,14)10(16(4,5)6)8-9(12)11(2)3/h10H,7-8H2,1-6H3. The number of nitrogens with zero attached hydrogens (tertiary/aromatic N) is 1. The number of rotatable bonds is 5. The van der Waals surface area contributed by atoms with Crippen molar-refractivity contribution in [3.05, 3.63) is 0 Å².